The van der Waals surface area contributed by atoms with Gasteiger partial charge in [-0.25, -0.2) is 8.42 Å². The van der Waals surface area contributed by atoms with Crippen LogP contribution in [0.1, 0.15) is 38.2 Å². The number of benzene rings is 1. The molecule has 0 aliphatic carbocycles. The van der Waals surface area contributed by atoms with E-state index in [-0.39, 0.29) is 5.91 Å². The van der Waals surface area contributed by atoms with E-state index in [1.54, 1.807) is 22.9 Å². The van der Waals surface area contributed by atoms with Gasteiger partial charge in [0, 0.05) is 0 Å². The lowest BCUT2D eigenvalue weighted by Crippen LogP contribution is -2.43. The fourth-order valence-electron chi connectivity index (χ4n) is 2.42. The van der Waals surface area contributed by atoms with Crippen LogP contribution < -0.4 is 15.8 Å². The summed E-state index contributed by atoms with van der Waals surface area (Å²) >= 11 is 0. The zero-order valence-electron chi connectivity index (χ0n) is 14.5. The first-order valence-electron chi connectivity index (χ1n) is 8.25. The van der Waals surface area contributed by atoms with Crippen LogP contribution >= 0.6 is 9.52 Å². The van der Waals surface area contributed by atoms with Gasteiger partial charge in [-0.15, -0.1) is 0 Å². The quantitative estimate of drug-likeness (QED) is 0.365. The van der Waals surface area contributed by atoms with Gasteiger partial charge in [-0.2, -0.15) is 4.72 Å². The Balaban J connectivity index is 2.15. The number of amides is 1. The van der Waals surface area contributed by atoms with Crippen LogP contribution in [-0.2, 0) is 13.8 Å². The molecule has 8 heteroatoms. The van der Waals surface area contributed by atoms with E-state index >= 15 is 0 Å². The van der Waals surface area contributed by atoms with Gasteiger partial charge in [-0.1, -0.05) is 31.9 Å². The molecular weight excluding hydrogens is 358 g/mol. The van der Waals surface area contributed by atoms with Crippen molar-refractivity contribution >= 4 is 41.2 Å². The molecule has 1 aromatic carbocycles. The van der Waals surface area contributed by atoms with Crippen LogP contribution in [0.3, 0.4) is 0 Å². The maximum atomic E-state index is 12.6. The van der Waals surface area contributed by atoms with Crippen molar-refractivity contribution in [1.29, 1.82) is 0 Å². The Morgan fingerprint density at radius 1 is 1.40 bits per heavy atom. The van der Waals surface area contributed by atoms with Crippen LogP contribution in [0.5, 0.6) is 0 Å². The predicted molar refractivity (Wildman–Crippen MR) is 107 cm³/mol. The average Bonchev–Trinajstić information content (AvgIpc) is 3.09. The van der Waals surface area contributed by atoms with E-state index in [1.165, 1.54) is 0 Å². The highest BCUT2D eigenvalue weighted by atomic mass is 33.2. The lowest BCUT2D eigenvalue weighted by atomic mass is 10.1. The van der Waals surface area contributed by atoms with E-state index in [4.69, 9.17) is 5.73 Å². The number of nitrogens with one attached hydrogen (secondary N) is 2. The Morgan fingerprint density at radius 3 is 2.76 bits per heavy atom. The molecule has 138 valence electrons. The smallest absolute Gasteiger partial charge is 0.263 e. The van der Waals surface area contributed by atoms with Gasteiger partial charge in [0.25, 0.3) is 9.06 Å². The molecule has 4 N–H and O–H groups in total. The van der Waals surface area contributed by atoms with E-state index < -0.39 is 24.6 Å². The Kier molecular flexibility index (Phi) is 6.80. The molecule has 25 heavy (non-hydrogen) atoms. The highest BCUT2D eigenvalue weighted by molar-refractivity contribution is 8.80. The first-order chi connectivity index (χ1) is 11.8. The Hall–Kier alpha value is -1.64. The van der Waals surface area contributed by atoms with Gasteiger partial charge in [0.05, 0.1) is 11.4 Å². The molecule has 0 bridgehead atoms. The molecule has 0 spiro atoms. The van der Waals surface area contributed by atoms with Gasteiger partial charge in [0.15, 0.2) is 0 Å². The molecule has 0 fully saturated rings. The minimum Gasteiger partial charge on any atom is -0.397 e. The monoisotopic (exact) mass is 383 g/mol. The number of aryl methyl sites for hydroxylation is 1. The van der Waals surface area contributed by atoms with Crippen LogP contribution in [0.15, 0.2) is 29.7 Å². The van der Waals surface area contributed by atoms with Crippen molar-refractivity contribution < 1.29 is 13.2 Å². The number of carbonyl (C=O) groups excluding carboxylic acids is 1. The molecule has 1 heterocycles. The van der Waals surface area contributed by atoms with Gasteiger partial charge in [-0.05, 0) is 57.8 Å². The lowest BCUT2D eigenvalue weighted by molar-refractivity contribution is -0.117. The lowest BCUT2D eigenvalue weighted by Gasteiger charge is -2.19. The van der Waals surface area contributed by atoms with Crippen molar-refractivity contribution in [3.05, 3.63) is 35.2 Å². The molecule has 6 nitrogen and oxygen atoms in total. The molecule has 1 aromatic rings. The highest BCUT2D eigenvalue weighted by Crippen LogP contribution is 2.27. The minimum atomic E-state index is -3.60. The van der Waals surface area contributed by atoms with Crippen LogP contribution in [0.25, 0.3) is 0 Å². The van der Waals surface area contributed by atoms with E-state index in [1.807, 2.05) is 26.0 Å². The summed E-state index contributed by atoms with van der Waals surface area (Å²) in [6, 6.07) is 4.51. The summed E-state index contributed by atoms with van der Waals surface area (Å²) in [6.45, 7) is 3.91. The third-order valence-electron chi connectivity index (χ3n) is 3.79. The van der Waals surface area contributed by atoms with E-state index in [0.29, 0.717) is 24.2 Å². The van der Waals surface area contributed by atoms with Gasteiger partial charge < -0.3 is 11.1 Å². The molecule has 1 amide bonds. The van der Waals surface area contributed by atoms with Crippen molar-refractivity contribution in [1.82, 2.24) is 4.72 Å². The Morgan fingerprint density at radius 2 is 2.16 bits per heavy atom. The van der Waals surface area contributed by atoms with Crippen molar-refractivity contribution in [2.24, 2.45) is 0 Å². The molecule has 1 aliphatic heterocycles. The molecule has 0 aromatic heterocycles. The topological polar surface area (TPSA) is 101 Å². The number of carbonyl (C=O) groups is 1. The van der Waals surface area contributed by atoms with E-state index in [0.717, 1.165) is 18.4 Å². The fraction of sp³-hybridized carbons (Fsp3) is 0.412. The third kappa shape index (κ3) is 5.42. The van der Waals surface area contributed by atoms with E-state index in [9.17, 15) is 13.2 Å². The van der Waals surface area contributed by atoms with Crippen LogP contribution in [0.2, 0.25) is 0 Å². The summed E-state index contributed by atoms with van der Waals surface area (Å²) in [5, 5.41) is 6.14. The maximum Gasteiger partial charge on any atom is 0.263 e. The van der Waals surface area contributed by atoms with Crippen LogP contribution in [0.4, 0.5) is 11.4 Å². The molecule has 0 radical (unpaired) electrons. The van der Waals surface area contributed by atoms with Crippen molar-refractivity contribution in [3.63, 3.8) is 0 Å². The number of unbranched alkanes of at least 4 members (excludes halogenated alkanes) is 1. The molecule has 0 saturated carbocycles. The molecule has 2 rings (SSSR count). The Bertz CT molecular complexity index is 801. The second kappa shape index (κ2) is 8.64. The normalized spacial score (nSPS) is 17.9. The number of rotatable bonds is 8. The number of anilines is 2. The van der Waals surface area contributed by atoms with Crippen molar-refractivity contribution in [3.8, 4) is 0 Å². The zero-order chi connectivity index (χ0) is 18.4. The number of hydrogen-bond donors (Lipinski definition) is 3. The van der Waals surface area contributed by atoms with Gasteiger partial charge in [-0.3, -0.25) is 4.79 Å². The fourth-order valence-corrected chi connectivity index (χ4v) is 6.27. The van der Waals surface area contributed by atoms with Crippen LogP contribution in [-0.4, -0.2) is 25.7 Å². The summed E-state index contributed by atoms with van der Waals surface area (Å²) in [7, 11) is -4.58. The number of nitrogens with two attached hydrogens (primary N) is 1. The van der Waals surface area contributed by atoms with E-state index in [2.05, 4.69) is 10.0 Å². The molecule has 0 saturated heterocycles. The predicted octanol–water partition coefficient (Wildman–Crippen LogP) is 2.90. The standard InChI is InChI=1S/C17H25N3O3S2/c1-3-4-7-16(20-25(22,23)24-10-5-6-11-24)17(21)19-15-9-8-13(2)12-14(15)18/h5,8-12,16,20H,3-4,6-7,18H2,1-2H3,(H,19,21)/t16-,24?/m0/s1. The average molecular weight is 384 g/mol. The first-order valence-corrected chi connectivity index (χ1v) is 11.6. The van der Waals surface area contributed by atoms with Crippen molar-refractivity contribution in [2.45, 2.75) is 45.6 Å². The van der Waals surface area contributed by atoms with Crippen LogP contribution in [0, 0.1) is 6.92 Å². The second-order valence-corrected chi connectivity index (χ2v) is 10.8. The summed E-state index contributed by atoms with van der Waals surface area (Å²) in [5.74, 6) is -0.389. The summed E-state index contributed by atoms with van der Waals surface area (Å²) in [6.07, 6.45) is 4.51. The molecule has 1 aliphatic rings. The summed E-state index contributed by atoms with van der Waals surface area (Å²) in [5.41, 5.74) is 7.87. The molecule has 2 atom stereocenters. The molecule has 1 unspecified atom stereocenters. The van der Waals surface area contributed by atoms with Gasteiger partial charge >= 0.3 is 0 Å². The zero-order valence-corrected chi connectivity index (χ0v) is 16.1. The summed E-state index contributed by atoms with van der Waals surface area (Å²) in [4.78, 5) is 12.6. The summed E-state index contributed by atoms with van der Waals surface area (Å²) < 4.78 is 27.5. The minimum absolute atomic E-state index is 0.389. The molecular formula is C17H25N3O3S2. The Labute approximate surface area is 151 Å². The highest BCUT2D eigenvalue weighted by Gasteiger charge is 2.26. The third-order valence-corrected chi connectivity index (χ3v) is 8.41. The second-order valence-electron chi connectivity index (χ2n) is 5.95. The number of allylic oxidation sites excluding steroid dienone is 1. The number of nitrogen functional groups attached to an aromatic ring is 1. The maximum absolute atomic E-state index is 12.6. The largest absolute Gasteiger partial charge is 0.397 e. The van der Waals surface area contributed by atoms with Gasteiger partial charge in [0.1, 0.15) is 6.04 Å². The van der Waals surface area contributed by atoms with Crippen molar-refractivity contribution in [2.75, 3.05) is 11.1 Å². The first kappa shape index (κ1) is 19.7. The SMILES string of the molecule is CCCC[C@H](NS(=O)(=O)S1=CCC=C1)C(=O)Nc1ccc(C)cc1N. The van der Waals surface area contributed by atoms with Gasteiger partial charge in [0.2, 0.25) is 5.91 Å². The number of hydrogen-bond acceptors (Lipinski definition) is 4.